The zero-order valence-electron chi connectivity index (χ0n) is 8.18. The van der Waals surface area contributed by atoms with E-state index in [9.17, 15) is 0 Å². The molecule has 0 heterocycles. The molecule has 2 aromatic carbocycles. The fourth-order valence-electron chi connectivity index (χ4n) is 1.29. The van der Waals surface area contributed by atoms with Gasteiger partial charge in [-0.2, -0.15) is 0 Å². The van der Waals surface area contributed by atoms with Crippen LogP contribution in [0, 0.1) is 0 Å². The molecule has 0 fully saturated rings. The van der Waals surface area contributed by atoms with Crippen LogP contribution in [0.5, 0.6) is 0 Å². The molecule has 16 heavy (non-hydrogen) atoms. The van der Waals surface area contributed by atoms with Gasteiger partial charge in [0.1, 0.15) is 0 Å². The molecule has 0 bridgehead atoms. The lowest BCUT2D eigenvalue weighted by Gasteiger charge is -2.08. The Balaban J connectivity index is 2.28. The third-order valence-electron chi connectivity index (χ3n) is 2.07. The fraction of sp³-hybridized carbons (Fsp3) is 0. The van der Waals surface area contributed by atoms with E-state index in [2.05, 4.69) is 5.32 Å². The molecule has 82 valence electrons. The van der Waals surface area contributed by atoms with Crippen LogP contribution in [0.3, 0.4) is 0 Å². The molecule has 2 rings (SSSR count). The molecule has 0 aromatic heterocycles. The quantitative estimate of drug-likeness (QED) is 0.773. The zero-order chi connectivity index (χ0) is 11.5. The van der Waals surface area contributed by atoms with Gasteiger partial charge in [0.15, 0.2) is 0 Å². The maximum atomic E-state index is 6.02. The lowest BCUT2D eigenvalue weighted by Crippen LogP contribution is -1.90. The van der Waals surface area contributed by atoms with Crippen molar-refractivity contribution in [1.29, 1.82) is 0 Å². The molecule has 0 aliphatic heterocycles. The van der Waals surface area contributed by atoms with Gasteiger partial charge < -0.3 is 5.32 Å². The average molecular weight is 273 g/mol. The molecule has 1 N–H and O–H groups in total. The largest absolute Gasteiger partial charge is 0.354 e. The highest BCUT2D eigenvalue weighted by Gasteiger charge is 2.02. The van der Waals surface area contributed by atoms with Crippen LogP contribution >= 0.6 is 34.8 Å². The standard InChI is InChI=1S/C12H8Cl3N/c13-9-6-5-8(7-11(9)15)16-12-4-2-1-3-10(12)14/h1-7,16H. The molecule has 0 spiro atoms. The number of hydrogen-bond acceptors (Lipinski definition) is 1. The van der Waals surface area contributed by atoms with Crippen molar-refractivity contribution in [3.8, 4) is 0 Å². The van der Waals surface area contributed by atoms with Crippen LogP contribution in [0.15, 0.2) is 42.5 Å². The third kappa shape index (κ3) is 2.62. The summed E-state index contributed by atoms with van der Waals surface area (Å²) in [7, 11) is 0. The highest BCUT2D eigenvalue weighted by molar-refractivity contribution is 6.42. The normalized spacial score (nSPS) is 10.2. The van der Waals surface area contributed by atoms with E-state index in [1.165, 1.54) is 0 Å². The number of rotatable bonds is 2. The summed E-state index contributed by atoms with van der Waals surface area (Å²) >= 11 is 17.8. The van der Waals surface area contributed by atoms with Gasteiger partial charge in [-0.15, -0.1) is 0 Å². The average Bonchev–Trinajstić information content (AvgIpc) is 2.27. The Labute approximate surface area is 109 Å². The summed E-state index contributed by atoms with van der Waals surface area (Å²) in [5.41, 5.74) is 1.69. The van der Waals surface area contributed by atoms with E-state index in [0.29, 0.717) is 15.1 Å². The SMILES string of the molecule is Clc1ccc(Nc2ccccc2Cl)cc1Cl. The molecule has 2 aromatic rings. The molecule has 0 saturated carbocycles. The van der Waals surface area contributed by atoms with Crippen molar-refractivity contribution in [1.82, 2.24) is 0 Å². The van der Waals surface area contributed by atoms with Gasteiger partial charge in [0.05, 0.1) is 20.8 Å². The van der Waals surface area contributed by atoms with Crippen LogP contribution in [-0.4, -0.2) is 0 Å². The van der Waals surface area contributed by atoms with E-state index in [-0.39, 0.29) is 0 Å². The third-order valence-corrected chi connectivity index (χ3v) is 3.14. The molecule has 0 aliphatic carbocycles. The number of halogens is 3. The minimum absolute atomic E-state index is 0.513. The molecule has 0 amide bonds. The molecule has 0 saturated heterocycles. The topological polar surface area (TPSA) is 12.0 Å². The molecule has 0 radical (unpaired) electrons. The summed E-state index contributed by atoms with van der Waals surface area (Å²) in [5, 5.41) is 4.87. The van der Waals surface area contributed by atoms with Crippen LogP contribution in [-0.2, 0) is 0 Å². The van der Waals surface area contributed by atoms with Crippen molar-refractivity contribution >= 4 is 46.2 Å². The first-order valence-electron chi connectivity index (χ1n) is 4.63. The van der Waals surface area contributed by atoms with Crippen molar-refractivity contribution in [2.24, 2.45) is 0 Å². The molecular weight excluding hydrogens is 264 g/mol. The second-order valence-electron chi connectivity index (χ2n) is 3.23. The Morgan fingerprint density at radius 1 is 0.750 bits per heavy atom. The minimum Gasteiger partial charge on any atom is -0.354 e. The van der Waals surface area contributed by atoms with Gasteiger partial charge in [0, 0.05) is 5.69 Å². The lowest BCUT2D eigenvalue weighted by atomic mass is 10.2. The summed E-state index contributed by atoms with van der Waals surface area (Å²) in [6.45, 7) is 0. The molecular formula is C12H8Cl3N. The summed E-state index contributed by atoms with van der Waals surface area (Å²) in [6, 6.07) is 12.8. The fourth-order valence-corrected chi connectivity index (χ4v) is 1.77. The number of para-hydroxylation sites is 1. The van der Waals surface area contributed by atoms with Gasteiger partial charge in [-0.05, 0) is 30.3 Å². The van der Waals surface area contributed by atoms with Gasteiger partial charge >= 0.3 is 0 Å². The predicted molar refractivity (Wildman–Crippen MR) is 71.2 cm³/mol. The zero-order valence-corrected chi connectivity index (χ0v) is 10.4. The van der Waals surface area contributed by atoms with E-state index in [4.69, 9.17) is 34.8 Å². The lowest BCUT2D eigenvalue weighted by molar-refractivity contribution is 1.55. The Bertz CT molecular complexity index is 511. The van der Waals surface area contributed by atoms with Crippen molar-refractivity contribution in [2.45, 2.75) is 0 Å². The van der Waals surface area contributed by atoms with Crippen LogP contribution < -0.4 is 5.32 Å². The first-order chi connectivity index (χ1) is 7.66. The van der Waals surface area contributed by atoms with Crippen LogP contribution in [0.4, 0.5) is 11.4 Å². The molecule has 0 atom stereocenters. The Kier molecular flexibility index (Phi) is 3.59. The summed E-state index contributed by atoms with van der Waals surface area (Å²) in [6.07, 6.45) is 0. The number of benzene rings is 2. The maximum absolute atomic E-state index is 6.02. The van der Waals surface area contributed by atoms with Gasteiger partial charge in [0.25, 0.3) is 0 Å². The van der Waals surface area contributed by atoms with E-state index < -0.39 is 0 Å². The first-order valence-corrected chi connectivity index (χ1v) is 5.77. The van der Waals surface area contributed by atoms with Crippen LogP contribution in [0.1, 0.15) is 0 Å². The molecule has 0 unspecified atom stereocenters. The Morgan fingerprint density at radius 3 is 2.19 bits per heavy atom. The molecule has 0 aliphatic rings. The summed E-state index contributed by atoms with van der Waals surface area (Å²) in [4.78, 5) is 0. The monoisotopic (exact) mass is 271 g/mol. The van der Waals surface area contributed by atoms with Crippen molar-refractivity contribution in [2.75, 3.05) is 5.32 Å². The molecule has 4 heteroatoms. The number of anilines is 2. The van der Waals surface area contributed by atoms with E-state index in [1.807, 2.05) is 30.3 Å². The summed E-state index contributed by atoms with van der Waals surface area (Å²) < 4.78 is 0. The van der Waals surface area contributed by atoms with Gasteiger partial charge in [-0.25, -0.2) is 0 Å². The number of hydrogen-bond donors (Lipinski definition) is 1. The minimum atomic E-state index is 0.513. The second-order valence-corrected chi connectivity index (χ2v) is 4.46. The van der Waals surface area contributed by atoms with Gasteiger partial charge in [-0.3, -0.25) is 0 Å². The van der Waals surface area contributed by atoms with Crippen LogP contribution in [0.25, 0.3) is 0 Å². The highest BCUT2D eigenvalue weighted by atomic mass is 35.5. The highest BCUT2D eigenvalue weighted by Crippen LogP contribution is 2.29. The Hall–Kier alpha value is -0.890. The second kappa shape index (κ2) is 4.96. The number of nitrogens with one attached hydrogen (secondary N) is 1. The first kappa shape index (κ1) is 11.6. The van der Waals surface area contributed by atoms with Crippen molar-refractivity contribution in [3.05, 3.63) is 57.5 Å². The summed E-state index contributed by atoms with van der Waals surface area (Å²) in [5.74, 6) is 0. The van der Waals surface area contributed by atoms with E-state index >= 15 is 0 Å². The predicted octanol–water partition coefficient (Wildman–Crippen LogP) is 5.39. The maximum Gasteiger partial charge on any atom is 0.0640 e. The van der Waals surface area contributed by atoms with E-state index in [1.54, 1.807) is 12.1 Å². The Morgan fingerprint density at radius 2 is 1.50 bits per heavy atom. The smallest absolute Gasteiger partial charge is 0.0640 e. The van der Waals surface area contributed by atoms with Gasteiger partial charge in [-0.1, -0.05) is 46.9 Å². The van der Waals surface area contributed by atoms with Crippen molar-refractivity contribution in [3.63, 3.8) is 0 Å². The van der Waals surface area contributed by atoms with Crippen LogP contribution in [0.2, 0.25) is 15.1 Å². The van der Waals surface area contributed by atoms with E-state index in [0.717, 1.165) is 11.4 Å². The van der Waals surface area contributed by atoms with Gasteiger partial charge in [0.2, 0.25) is 0 Å². The molecule has 1 nitrogen and oxygen atoms in total. The van der Waals surface area contributed by atoms with Crippen molar-refractivity contribution < 1.29 is 0 Å².